The molecule has 1 heterocycles. The van der Waals surface area contributed by atoms with Crippen molar-refractivity contribution in [3.63, 3.8) is 0 Å². The molecule has 0 aliphatic rings. The van der Waals surface area contributed by atoms with Gasteiger partial charge in [-0.15, -0.1) is 0 Å². The lowest BCUT2D eigenvalue weighted by molar-refractivity contribution is 1.23. The van der Waals surface area contributed by atoms with Crippen molar-refractivity contribution in [1.82, 2.24) is 4.57 Å². The molecule has 6 aromatic carbocycles. The average molecular weight is 527 g/mol. The molecule has 0 saturated heterocycles. The van der Waals surface area contributed by atoms with Gasteiger partial charge >= 0.3 is 0 Å². The van der Waals surface area contributed by atoms with Gasteiger partial charge in [-0.25, -0.2) is 0 Å². The number of fused-ring (bicyclic) bond motifs is 4. The minimum atomic E-state index is 1.13. The van der Waals surface area contributed by atoms with Gasteiger partial charge in [0.1, 0.15) is 0 Å². The van der Waals surface area contributed by atoms with E-state index >= 15 is 0 Å². The molecule has 0 unspecified atom stereocenters. The lowest BCUT2D eigenvalue weighted by atomic mass is 10.0. The van der Waals surface area contributed by atoms with Gasteiger partial charge in [0.25, 0.3) is 0 Å². The molecule has 0 bridgehead atoms. The van der Waals surface area contributed by atoms with Crippen molar-refractivity contribution in [1.29, 1.82) is 0 Å². The molecule has 7 rings (SSSR count). The van der Waals surface area contributed by atoms with Crippen LogP contribution in [-0.2, 0) is 0 Å². The van der Waals surface area contributed by atoms with Crippen molar-refractivity contribution >= 4 is 61.4 Å². The van der Waals surface area contributed by atoms with E-state index in [1.807, 2.05) is 0 Å². The van der Waals surface area contributed by atoms with E-state index in [0.29, 0.717) is 0 Å². The first-order valence-corrected chi connectivity index (χ1v) is 14.1. The van der Waals surface area contributed by atoms with Crippen LogP contribution in [0.3, 0.4) is 0 Å². The Kier molecular flexibility index (Phi) is 6.42. The topological polar surface area (TPSA) is 8.17 Å². The lowest BCUT2D eigenvalue weighted by Crippen LogP contribution is -2.10. The lowest BCUT2D eigenvalue weighted by Gasteiger charge is -2.27. The SMILES string of the molecule is C/C=C(\C=C/c1cc(N(c2ccccc2)c2ccccc2)c2ccccc2c1)n1c2ccccc2c2ccccc21. The third-order valence-electron chi connectivity index (χ3n) is 7.71. The summed E-state index contributed by atoms with van der Waals surface area (Å²) in [6, 6.07) is 51.8. The second-order valence-corrected chi connectivity index (χ2v) is 10.2. The maximum atomic E-state index is 2.36. The Labute approximate surface area is 240 Å². The largest absolute Gasteiger partial charge is 0.310 e. The highest BCUT2D eigenvalue weighted by Gasteiger charge is 2.16. The maximum Gasteiger partial charge on any atom is 0.0545 e. The Balaban J connectivity index is 1.39. The summed E-state index contributed by atoms with van der Waals surface area (Å²) < 4.78 is 2.36. The van der Waals surface area contributed by atoms with Crippen LogP contribution in [0.4, 0.5) is 17.1 Å². The molecule has 2 heteroatoms. The van der Waals surface area contributed by atoms with Crippen LogP contribution in [0.15, 0.2) is 158 Å². The summed E-state index contributed by atoms with van der Waals surface area (Å²) in [6.07, 6.45) is 6.67. The first-order chi connectivity index (χ1) is 20.3. The predicted molar refractivity (Wildman–Crippen MR) is 177 cm³/mol. The van der Waals surface area contributed by atoms with E-state index < -0.39 is 0 Å². The Hall–Kier alpha value is -5.34. The van der Waals surface area contributed by atoms with Crippen molar-refractivity contribution < 1.29 is 0 Å². The number of benzene rings is 6. The fraction of sp³-hybridized carbons (Fsp3) is 0.0256. The van der Waals surface area contributed by atoms with E-state index in [1.165, 1.54) is 32.6 Å². The second-order valence-electron chi connectivity index (χ2n) is 10.2. The van der Waals surface area contributed by atoms with Crippen LogP contribution in [0.25, 0.3) is 44.4 Å². The van der Waals surface area contributed by atoms with Gasteiger partial charge in [0.2, 0.25) is 0 Å². The fourth-order valence-electron chi connectivity index (χ4n) is 5.86. The quantitative estimate of drug-likeness (QED) is 0.196. The van der Waals surface area contributed by atoms with Crippen LogP contribution in [0.2, 0.25) is 0 Å². The van der Waals surface area contributed by atoms with E-state index in [9.17, 15) is 0 Å². The van der Waals surface area contributed by atoms with E-state index in [4.69, 9.17) is 0 Å². The van der Waals surface area contributed by atoms with Gasteiger partial charge in [0, 0.05) is 33.2 Å². The molecule has 41 heavy (non-hydrogen) atoms. The summed E-state index contributed by atoms with van der Waals surface area (Å²) >= 11 is 0. The Bertz CT molecular complexity index is 1950. The van der Waals surface area contributed by atoms with Crippen LogP contribution in [0, 0.1) is 0 Å². The zero-order valence-corrected chi connectivity index (χ0v) is 23.0. The highest BCUT2D eigenvalue weighted by atomic mass is 15.1. The molecule has 196 valence electrons. The minimum Gasteiger partial charge on any atom is -0.310 e. The maximum absolute atomic E-state index is 2.36. The van der Waals surface area contributed by atoms with Crippen molar-refractivity contribution in [3.8, 4) is 0 Å². The van der Waals surface area contributed by atoms with Gasteiger partial charge < -0.3 is 9.47 Å². The summed E-state index contributed by atoms with van der Waals surface area (Å²) in [5.41, 5.74) is 8.12. The zero-order valence-electron chi connectivity index (χ0n) is 23.0. The summed E-state index contributed by atoms with van der Waals surface area (Å²) in [5.74, 6) is 0. The Morgan fingerprint density at radius 2 is 1.07 bits per heavy atom. The molecule has 0 N–H and O–H groups in total. The molecule has 1 aromatic heterocycles. The first kappa shape index (κ1) is 24.7. The van der Waals surface area contributed by atoms with Crippen molar-refractivity contribution in [2.45, 2.75) is 6.92 Å². The van der Waals surface area contributed by atoms with Crippen LogP contribution < -0.4 is 4.90 Å². The van der Waals surface area contributed by atoms with E-state index in [2.05, 4.69) is 180 Å². The standard InChI is InChI=1S/C39H30N2/c1-2-31(41-37-23-13-11-21-35(37)36-22-12-14-24-38(36)41)26-25-29-27-30-15-9-10-20-34(30)39(28-29)40(32-16-5-3-6-17-32)33-18-7-4-8-19-33/h2-28H,1H3/b26-25-,31-2+. The monoisotopic (exact) mass is 526 g/mol. The molecule has 0 fully saturated rings. The van der Waals surface area contributed by atoms with E-state index in [1.54, 1.807) is 0 Å². The van der Waals surface area contributed by atoms with Gasteiger partial charge in [-0.2, -0.15) is 0 Å². The van der Waals surface area contributed by atoms with Gasteiger partial charge in [-0.3, -0.25) is 0 Å². The molecule has 7 aromatic rings. The Morgan fingerprint density at radius 3 is 1.66 bits per heavy atom. The molecule has 0 aliphatic carbocycles. The molecule has 0 saturated carbocycles. The predicted octanol–water partition coefficient (Wildman–Crippen LogP) is 11.0. The van der Waals surface area contributed by atoms with Crippen LogP contribution in [-0.4, -0.2) is 4.57 Å². The van der Waals surface area contributed by atoms with E-state index in [-0.39, 0.29) is 0 Å². The zero-order chi connectivity index (χ0) is 27.6. The highest BCUT2D eigenvalue weighted by Crippen LogP contribution is 2.40. The fourth-order valence-corrected chi connectivity index (χ4v) is 5.86. The molecule has 0 amide bonds. The van der Waals surface area contributed by atoms with Gasteiger partial charge in [0.05, 0.1) is 16.7 Å². The van der Waals surface area contributed by atoms with E-state index in [0.717, 1.165) is 28.3 Å². The third-order valence-corrected chi connectivity index (χ3v) is 7.71. The van der Waals surface area contributed by atoms with Gasteiger partial charge in [-0.1, -0.05) is 109 Å². The number of hydrogen-bond acceptors (Lipinski definition) is 1. The molecule has 0 radical (unpaired) electrons. The number of anilines is 3. The van der Waals surface area contributed by atoms with Gasteiger partial charge in [0.15, 0.2) is 0 Å². The average Bonchev–Trinajstić information content (AvgIpc) is 3.37. The molecule has 0 aliphatic heterocycles. The number of allylic oxidation sites excluding steroid dienone is 3. The number of rotatable bonds is 6. The summed E-state index contributed by atoms with van der Waals surface area (Å²) in [5, 5.41) is 4.96. The van der Waals surface area contributed by atoms with Crippen molar-refractivity contribution in [2.24, 2.45) is 0 Å². The minimum absolute atomic E-state index is 1.13. The molecular weight excluding hydrogens is 496 g/mol. The summed E-state index contributed by atoms with van der Waals surface area (Å²) in [6.45, 7) is 2.11. The molecule has 0 spiro atoms. The number of hydrogen-bond donors (Lipinski definition) is 0. The number of nitrogens with zero attached hydrogens (tertiary/aromatic N) is 2. The molecule has 2 nitrogen and oxygen atoms in total. The highest BCUT2D eigenvalue weighted by molar-refractivity contribution is 6.10. The van der Waals surface area contributed by atoms with Crippen LogP contribution >= 0.6 is 0 Å². The number of para-hydroxylation sites is 4. The Morgan fingerprint density at radius 1 is 0.561 bits per heavy atom. The molecular formula is C39H30N2. The van der Waals surface area contributed by atoms with Crippen molar-refractivity contribution in [3.05, 3.63) is 163 Å². The van der Waals surface area contributed by atoms with Crippen molar-refractivity contribution in [2.75, 3.05) is 4.90 Å². The van der Waals surface area contributed by atoms with Crippen LogP contribution in [0.1, 0.15) is 12.5 Å². The van der Waals surface area contributed by atoms with Crippen LogP contribution in [0.5, 0.6) is 0 Å². The second kappa shape index (κ2) is 10.7. The summed E-state index contributed by atoms with van der Waals surface area (Å²) in [4.78, 5) is 2.35. The van der Waals surface area contributed by atoms with Gasteiger partial charge in [-0.05, 0) is 72.5 Å². The third kappa shape index (κ3) is 4.50. The first-order valence-electron chi connectivity index (χ1n) is 14.1. The smallest absolute Gasteiger partial charge is 0.0545 e. The molecule has 0 atom stereocenters. The summed E-state index contributed by atoms with van der Waals surface area (Å²) in [7, 11) is 0. The number of aromatic nitrogens is 1. The normalized spacial score (nSPS) is 12.1.